The average molecular weight is 247 g/mol. The maximum Gasteiger partial charge on any atom is 0.303 e. The first-order valence-electron chi connectivity index (χ1n) is 6.03. The van der Waals surface area contributed by atoms with Gasteiger partial charge in [-0.2, -0.15) is 0 Å². The van der Waals surface area contributed by atoms with Crippen LogP contribution in [-0.2, 0) is 11.3 Å². The fourth-order valence-corrected chi connectivity index (χ4v) is 2.29. The maximum absolute atomic E-state index is 12.3. The number of rotatable bonds is 4. The SMILES string of the molecule is CC(C)(CCC(=O)O)N1Cc2ccccc2C1=O. The van der Waals surface area contributed by atoms with E-state index in [1.54, 1.807) is 4.90 Å². The highest BCUT2D eigenvalue weighted by Gasteiger charge is 2.37. The molecule has 1 N–H and O–H groups in total. The van der Waals surface area contributed by atoms with E-state index < -0.39 is 11.5 Å². The topological polar surface area (TPSA) is 57.6 Å². The number of hydrogen-bond donors (Lipinski definition) is 1. The first-order valence-corrected chi connectivity index (χ1v) is 6.03. The molecule has 96 valence electrons. The van der Waals surface area contributed by atoms with Crippen molar-refractivity contribution in [2.24, 2.45) is 0 Å². The minimum absolute atomic E-state index is 0.000916. The summed E-state index contributed by atoms with van der Waals surface area (Å²) in [6.45, 7) is 4.40. The molecule has 0 aliphatic carbocycles. The van der Waals surface area contributed by atoms with Crippen LogP contribution in [0.2, 0.25) is 0 Å². The Morgan fingerprint density at radius 2 is 2.06 bits per heavy atom. The molecule has 1 aliphatic rings. The van der Waals surface area contributed by atoms with Crippen molar-refractivity contribution < 1.29 is 14.7 Å². The zero-order chi connectivity index (χ0) is 13.3. The Bertz CT molecular complexity index is 494. The summed E-state index contributed by atoms with van der Waals surface area (Å²) >= 11 is 0. The predicted molar refractivity (Wildman–Crippen MR) is 67.3 cm³/mol. The van der Waals surface area contributed by atoms with Crippen LogP contribution in [0.5, 0.6) is 0 Å². The number of carbonyl (C=O) groups is 2. The highest BCUT2D eigenvalue weighted by Crippen LogP contribution is 2.31. The van der Waals surface area contributed by atoms with Gasteiger partial charge in [0.05, 0.1) is 0 Å². The largest absolute Gasteiger partial charge is 0.481 e. The van der Waals surface area contributed by atoms with Gasteiger partial charge in [0, 0.05) is 24.1 Å². The number of carboxylic acids is 1. The van der Waals surface area contributed by atoms with E-state index in [9.17, 15) is 9.59 Å². The van der Waals surface area contributed by atoms with Gasteiger partial charge in [-0.15, -0.1) is 0 Å². The van der Waals surface area contributed by atoms with Crippen molar-refractivity contribution in [1.82, 2.24) is 4.90 Å². The normalized spacial score (nSPS) is 14.8. The molecular weight excluding hydrogens is 230 g/mol. The Morgan fingerprint density at radius 1 is 1.39 bits per heavy atom. The fourth-order valence-electron chi connectivity index (χ4n) is 2.29. The van der Waals surface area contributed by atoms with E-state index in [0.717, 1.165) is 11.1 Å². The van der Waals surface area contributed by atoms with Gasteiger partial charge in [-0.25, -0.2) is 0 Å². The van der Waals surface area contributed by atoms with E-state index in [1.807, 2.05) is 38.1 Å². The van der Waals surface area contributed by atoms with E-state index in [1.165, 1.54) is 0 Å². The van der Waals surface area contributed by atoms with E-state index in [0.29, 0.717) is 13.0 Å². The minimum Gasteiger partial charge on any atom is -0.481 e. The number of carbonyl (C=O) groups excluding carboxylic acids is 1. The van der Waals surface area contributed by atoms with E-state index in [-0.39, 0.29) is 12.3 Å². The zero-order valence-electron chi connectivity index (χ0n) is 10.6. The van der Waals surface area contributed by atoms with Crippen molar-refractivity contribution in [3.8, 4) is 0 Å². The number of fused-ring (bicyclic) bond motifs is 1. The Hall–Kier alpha value is -1.84. The molecule has 4 nitrogen and oxygen atoms in total. The molecule has 18 heavy (non-hydrogen) atoms. The van der Waals surface area contributed by atoms with Crippen molar-refractivity contribution in [3.63, 3.8) is 0 Å². The van der Waals surface area contributed by atoms with Gasteiger partial charge in [0.1, 0.15) is 0 Å². The first-order chi connectivity index (χ1) is 8.42. The Labute approximate surface area is 106 Å². The molecule has 0 aromatic heterocycles. The Kier molecular flexibility index (Phi) is 3.11. The summed E-state index contributed by atoms with van der Waals surface area (Å²) in [5, 5.41) is 8.76. The van der Waals surface area contributed by atoms with Crippen LogP contribution in [0.1, 0.15) is 42.6 Å². The van der Waals surface area contributed by atoms with Gasteiger partial charge in [-0.3, -0.25) is 9.59 Å². The van der Waals surface area contributed by atoms with Crippen LogP contribution in [0.3, 0.4) is 0 Å². The highest BCUT2D eigenvalue weighted by atomic mass is 16.4. The van der Waals surface area contributed by atoms with Crippen molar-refractivity contribution in [2.75, 3.05) is 0 Å². The third kappa shape index (κ3) is 2.23. The lowest BCUT2D eigenvalue weighted by atomic mass is 9.96. The smallest absolute Gasteiger partial charge is 0.303 e. The van der Waals surface area contributed by atoms with Crippen molar-refractivity contribution >= 4 is 11.9 Å². The molecule has 1 aromatic carbocycles. The third-order valence-electron chi connectivity index (χ3n) is 3.50. The molecule has 1 aromatic rings. The lowest BCUT2D eigenvalue weighted by molar-refractivity contribution is -0.137. The highest BCUT2D eigenvalue weighted by molar-refractivity contribution is 5.98. The number of aliphatic carboxylic acids is 1. The summed E-state index contributed by atoms with van der Waals surface area (Å²) in [4.78, 5) is 24.7. The monoisotopic (exact) mass is 247 g/mol. The molecule has 0 radical (unpaired) electrons. The van der Waals surface area contributed by atoms with Crippen LogP contribution in [0.25, 0.3) is 0 Å². The van der Waals surface area contributed by atoms with Crippen LogP contribution in [-0.4, -0.2) is 27.4 Å². The van der Waals surface area contributed by atoms with E-state index in [2.05, 4.69) is 0 Å². The second-order valence-corrected chi connectivity index (χ2v) is 5.25. The average Bonchev–Trinajstić information content (AvgIpc) is 2.66. The van der Waals surface area contributed by atoms with Crippen molar-refractivity contribution in [2.45, 2.75) is 38.8 Å². The van der Waals surface area contributed by atoms with E-state index >= 15 is 0 Å². The van der Waals surface area contributed by atoms with Crippen LogP contribution >= 0.6 is 0 Å². The number of hydrogen-bond acceptors (Lipinski definition) is 2. The standard InChI is InChI=1S/C14H17NO3/c1-14(2,8-7-12(16)17)15-9-10-5-3-4-6-11(10)13(15)18/h3-6H,7-9H2,1-2H3,(H,16,17). The Balaban J connectivity index is 2.17. The molecule has 1 amide bonds. The Morgan fingerprint density at radius 3 is 2.67 bits per heavy atom. The third-order valence-corrected chi connectivity index (χ3v) is 3.50. The van der Waals surface area contributed by atoms with Crippen LogP contribution in [0, 0.1) is 0 Å². The summed E-state index contributed by atoms with van der Waals surface area (Å²) in [5.41, 5.74) is 1.32. The minimum atomic E-state index is -0.827. The lowest BCUT2D eigenvalue weighted by Gasteiger charge is -2.35. The molecule has 0 unspecified atom stereocenters. The summed E-state index contributed by atoms with van der Waals surface area (Å²) < 4.78 is 0. The summed E-state index contributed by atoms with van der Waals surface area (Å²) in [6, 6.07) is 7.54. The number of amides is 1. The van der Waals surface area contributed by atoms with Crippen molar-refractivity contribution in [1.29, 1.82) is 0 Å². The molecule has 0 saturated heterocycles. The molecule has 1 heterocycles. The van der Waals surface area contributed by atoms with Gasteiger partial charge in [0.25, 0.3) is 5.91 Å². The molecule has 0 atom stereocenters. The number of carboxylic acid groups (broad SMARTS) is 1. The fraction of sp³-hybridized carbons (Fsp3) is 0.429. The number of benzene rings is 1. The summed E-state index contributed by atoms with van der Waals surface area (Å²) in [6.07, 6.45) is 0.537. The molecule has 0 bridgehead atoms. The molecule has 2 rings (SSSR count). The first kappa shape index (κ1) is 12.6. The zero-order valence-corrected chi connectivity index (χ0v) is 10.6. The van der Waals surface area contributed by atoms with Gasteiger partial charge >= 0.3 is 5.97 Å². The number of nitrogens with zero attached hydrogens (tertiary/aromatic N) is 1. The van der Waals surface area contributed by atoms with Gasteiger partial charge in [-0.05, 0) is 31.9 Å². The van der Waals surface area contributed by atoms with Crippen LogP contribution in [0.15, 0.2) is 24.3 Å². The molecule has 4 heteroatoms. The van der Waals surface area contributed by atoms with Gasteiger partial charge in [0.15, 0.2) is 0 Å². The van der Waals surface area contributed by atoms with Crippen molar-refractivity contribution in [3.05, 3.63) is 35.4 Å². The van der Waals surface area contributed by atoms with Crippen LogP contribution in [0.4, 0.5) is 0 Å². The van der Waals surface area contributed by atoms with Gasteiger partial charge in [-0.1, -0.05) is 18.2 Å². The summed E-state index contributed by atoms with van der Waals surface area (Å²) in [7, 11) is 0. The van der Waals surface area contributed by atoms with Gasteiger partial charge < -0.3 is 10.0 Å². The van der Waals surface area contributed by atoms with Gasteiger partial charge in [0.2, 0.25) is 0 Å². The molecule has 0 spiro atoms. The molecule has 0 fully saturated rings. The molecule has 1 aliphatic heterocycles. The second-order valence-electron chi connectivity index (χ2n) is 5.25. The lowest BCUT2D eigenvalue weighted by Crippen LogP contribution is -2.44. The maximum atomic E-state index is 12.3. The predicted octanol–water partition coefficient (Wildman–Crippen LogP) is 2.29. The summed E-state index contributed by atoms with van der Waals surface area (Å²) in [5.74, 6) is -0.826. The second kappa shape index (κ2) is 4.44. The van der Waals surface area contributed by atoms with Crippen LogP contribution < -0.4 is 0 Å². The molecule has 0 saturated carbocycles. The van der Waals surface area contributed by atoms with E-state index in [4.69, 9.17) is 5.11 Å². The molecular formula is C14H17NO3. The quantitative estimate of drug-likeness (QED) is 0.888.